The summed E-state index contributed by atoms with van der Waals surface area (Å²) >= 11 is 0. The van der Waals surface area contributed by atoms with Gasteiger partial charge in [0.2, 0.25) is 0 Å². The minimum absolute atomic E-state index is 0.692. The molecule has 2 N–H and O–H groups in total. The fraction of sp³-hybridized carbons (Fsp3) is 0.500. The number of ether oxygens (including phenoxy) is 1. The van der Waals surface area contributed by atoms with Crippen LogP contribution in [0.1, 0.15) is 19.8 Å². The van der Waals surface area contributed by atoms with E-state index in [1.54, 1.807) is 14.0 Å². The van der Waals surface area contributed by atoms with Gasteiger partial charge in [-0.15, -0.1) is 0 Å². The van der Waals surface area contributed by atoms with Gasteiger partial charge in [-0.05, 0) is 31.9 Å². The molecule has 18 heavy (non-hydrogen) atoms. The lowest BCUT2D eigenvalue weighted by molar-refractivity contribution is 0.415. The molecule has 1 atom stereocenters. The summed E-state index contributed by atoms with van der Waals surface area (Å²) in [6.45, 7) is 2.63. The minimum atomic E-state index is -0.727. The van der Waals surface area contributed by atoms with E-state index in [2.05, 4.69) is 11.0 Å². The summed E-state index contributed by atoms with van der Waals surface area (Å²) in [4.78, 5) is 2.13. The Balaban J connectivity index is 2.50. The van der Waals surface area contributed by atoms with Crippen molar-refractivity contribution in [3.05, 3.63) is 24.3 Å². The summed E-state index contributed by atoms with van der Waals surface area (Å²) in [6, 6.07) is 10.0. The molecule has 4 nitrogen and oxygen atoms in total. The highest BCUT2D eigenvalue weighted by atomic mass is 16.5. The van der Waals surface area contributed by atoms with Crippen molar-refractivity contribution >= 4 is 5.69 Å². The first-order chi connectivity index (χ1) is 8.48. The highest BCUT2D eigenvalue weighted by molar-refractivity contribution is 5.49. The fourth-order valence-electron chi connectivity index (χ4n) is 1.72. The van der Waals surface area contributed by atoms with Crippen LogP contribution >= 0.6 is 0 Å². The number of nitriles is 1. The van der Waals surface area contributed by atoms with Gasteiger partial charge in [0.05, 0.1) is 13.2 Å². The van der Waals surface area contributed by atoms with Crippen LogP contribution in [-0.4, -0.2) is 26.2 Å². The van der Waals surface area contributed by atoms with Crippen molar-refractivity contribution in [2.45, 2.75) is 25.3 Å². The summed E-state index contributed by atoms with van der Waals surface area (Å²) in [7, 11) is 3.68. The van der Waals surface area contributed by atoms with Gasteiger partial charge in [-0.25, -0.2) is 0 Å². The molecule has 0 aliphatic heterocycles. The molecule has 0 saturated heterocycles. The molecule has 0 bridgehead atoms. The zero-order valence-corrected chi connectivity index (χ0v) is 11.3. The zero-order valence-electron chi connectivity index (χ0n) is 11.3. The van der Waals surface area contributed by atoms with Gasteiger partial charge >= 0.3 is 0 Å². The van der Waals surface area contributed by atoms with E-state index in [-0.39, 0.29) is 0 Å². The summed E-state index contributed by atoms with van der Waals surface area (Å²) < 4.78 is 5.19. The Labute approximate surface area is 109 Å². The van der Waals surface area contributed by atoms with Crippen molar-refractivity contribution in [1.29, 1.82) is 5.26 Å². The predicted molar refractivity (Wildman–Crippen MR) is 73.7 cm³/mol. The normalized spacial score (nSPS) is 13.5. The quantitative estimate of drug-likeness (QED) is 0.836. The van der Waals surface area contributed by atoms with E-state index in [0.29, 0.717) is 6.42 Å². The number of methoxy groups -OCH3 is 1. The topological polar surface area (TPSA) is 62.3 Å². The van der Waals surface area contributed by atoms with Crippen LogP contribution < -0.4 is 15.4 Å². The van der Waals surface area contributed by atoms with Crippen LogP contribution in [0.25, 0.3) is 0 Å². The van der Waals surface area contributed by atoms with Crippen molar-refractivity contribution in [3.63, 3.8) is 0 Å². The third-order valence-electron chi connectivity index (χ3n) is 2.94. The Morgan fingerprint density at radius 3 is 2.83 bits per heavy atom. The van der Waals surface area contributed by atoms with Crippen LogP contribution in [0.5, 0.6) is 5.75 Å². The van der Waals surface area contributed by atoms with Gasteiger partial charge in [0, 0.05) is 25.3 Å². The van der Waals surface area contributed by atoms with E-state index in [9.17, 15) is 0 Å². The maximum Gasteiger partial charge on any atom is 0.120 e. The van der Waals surface area contributed by atoms with Crippen LogP contribution in [-0.2, 0) is 0 Å². The van der Waals surface area contributed by atoms with Gasteiger partial charge in [-0.3, -0.25) is 0 Å². The highest BCUT2D eigenvalue weighted by Gasteiger charge is 2.16. The molecule has 0 heterocycles. The monoisotopic (exact) mass is 247 g/mol. The maximum atomic E-state index is 8.84. The van der Waals surface area contributed by atoms with E-state index in [1.165, 1.54) is 0 Å². The number of nitrogens with two attached hydrogens (primary N) is 1. The second-order valence-corrected chi connectivity index (χ2v) is 4.76. The molecule has 0 aliphatic rings. The first kappa shape index (κ1) is 14.3. The highest BCUT2D eigenvalue weighted by Crippen LogP contribution is 2.20. The van der Waals surface area contributed by atoms with Crippen molar-refractivity contribution < 1.29 is 4.74 Å². The minimum Gasteiger partial charge on any atom is -0.497 e. The molecule has 0 amide bonds. The average molecular weight is 247 g/mol. The van der Waals surface area contributed by atoms with Gasteiger partial charge in [0.1, 0.15) is 11.3 Å². The van der Waals surface area contributed by atoms with Crippen molar-refractivity contribution in [2.75, 3.05) is 25.6 Å². The van der Waals surface area contributed by atoms with E-state index in [0.717, 1.165) is 24.4 Å². The predicted octanol–water partition coefficient (Wildman–Crippen LogP) is 2.15. The molecular weight excluding hydrogens is 226 g/mol. The third kappa shape index (κ3) is 4.27. The van der Waals surface area contributed by atoms with Crippen molar-refractivity contribution in [2.24, 2.45) is 5.73 Å². The van der Waals surface area contributed by atoms with Gasteiger partial charge in [0.15, 0.2) is 0 Å². The average Bonchev–Trinajstić information content (AvgIpc) is 2.38. The van der Waals surface area contributed by atoms with Crippen LogP contribution in [0.15, 0.2) is 24.3 Å². The standard InChI is InChI=1S/C14H21N3O/c1-14(16,11-15)8-5-9-17(2)12-6-4-7-13(10-12)18-3/h4,6-7,10H,5,8-9,16H2,1-3H3. The molecule has 98 valence electrons. The first-order valence-electron chi connectivity index (χ1n) is 6.04. The van der Waals surface area contributed by atoms with E-state index in [4.69, 9.17) is 15.7 Å². The Hall–Kier alpha value is -1.73. The summed E-state index contributed by atoms with van der Waals surface area (Å²) in [6.07, 6.45) is 1.58. The molecule has 1 rings (SSSR count). The van der Waals surface area contributed by atoms with E-state index < -0.39 is 5.54 Å². The number of rotatable bonds is 6. The number of benzene rings is 1. The molecule has 0 spiro atoms. The number of nitrogens with zero attached hydrogens (tertiary/aromatic N) is 2. The molecule has 1 aromatic rings. The molecular formula is C14H21N3O. The lowest BCUT2D eigenvalue weighted by Crippen LogP contribution is -2.35. The van der Waals surface area contributed by atoms with Gasteiger partial charge in [-0.1, -0.05) is 6.07 Å². The van der Waals surface area contributed by atoms with E-state index in [1.807, 2.05) is 31.3 Å². The zero-order chi connectivity index (χ0) is 13.6. The largest absolute Gasteiger partial charge is 0.497 e. The Kier molecular flexibility index (Phi) is 4.99. The SMILES string of the molecule is COc1cccc(N(C)CCCC(C)(N)C#N)c1. The number of hydrogen-bond acceptors (Lipinski definition) is 4. The molecule has 1 unspecified atom stereocenters. The Morgan fingerprint density at radius 1 is 1.50 bits per heavy atom. The van der Waals surface area contributed by atoms with Crippen LogP contribution in [0.2, 0.25) is 0 Å². The van der Waals surface area contributed by atoms with Crippen LogP contribution in [0, 0.1) is 11.3 Å². The molecule has 1 aromatic carbocycles. The maximum absolute atomic E-state index is 8.84. The molecule has 0 radical (unpaired) electrons. The van der Waals surface area contributed by atoms with E-state index >= 15 is 0 Å². The summed E-state index contributed by atoms with van der Waals surface area (Å²) in [5.74, 6) is 0.847. The van der Waals surface area contributed by atoms with Crippen LogP contribution in [0.3, 0.4) is 0 Å². The first-order valence-corrected chi connectivity index (χ1v) is 6.04. The molecule has 0 saturated carbocycles. The van der Waals surface area contributed by atoms with Crippen molar-refractivity contribution in [3.8, 4) is 11.8 Å². The lowest BCUT2D eigenvalue weighted by atomic mass is 9.99. The second kappa shape index (κ2) is 6.27. The molecule has 0 aromatic heterocycles. The van der Waals surface area contributed by atoms with Crippen molar-refractivity contribution in [1.82, 2.24) is 0 Å². The number of hydrogen-bond donors (Lipinski definition) is 1. The summed E-state index contributed by atoms with van der Waals surface area (Å²) in [5.41, 5.74) is 6.16. The van der Waals surface area contributed by atoms with Gasteiger partial charge in [-0.2, -0.15) is 5.26 Å². The lowest BCUT2D eigenvalue weighted by Gasteiger charge is -2.22. The summed E-state index contributed by atoms with van der Waals surface area (Å²) in [5, 5.41) is 8.84. The Bertz CT molecular complexity index is 423. The van der Waals surface area contributed by atoms with Crippen LogP contribution in [0.4, 0.5) is 5.69 Å². The Morgan fingerprint density at radius 2 is 2.22 bits per heavy atom. The van der Waals surface area contributed by atoms with Gasteiger partial charge in [0.25, 0.3) is 0 Å². The molecule has 0 fully saturated rings. The number of anilines is 1. The van der Waals surface area contributed by atoms with Gasteiger partial charge < -0.3 is 15.4 Å². The third-order valence-corrected chi connectivity index (χ3v) is 2.94. The second-order valence-electron chi connectivity index (χ2n) is 4.76. The fourth-order valence-corrected chi connectivity index (χ4v) is 1.72. The molecule has 0 aliphatic carbocycles. The smallest absolute Gasteiger partial charge is 0.120 e. The molecule has 4 heteroatoms.